The maximum absolute atomic E-state index is 12.2. The summed E-state index contributed by atoms with van der Waals surface area (Å²) in [5.74, 6) is -0.189. The number of amides is 1. The summed E-state index contributed by atoms with van der Waals surface area (Å²) in [6.45, 7) is 0.649. The van der Waals surface area contributed by atoms with Crippen LogP contribution in [-0.4, -0.2) is 47.2 Å². The highest BCUT2D eigenvalue weighted by Crippen LogP contribution is 2.13. The van der Waals surface area contributed by atoms with Crippen molar-refractivity contribution in [1.29, 1.82) is 0 Å². The Morgan fingerprint density at radius 1 is 1.43 bits per heavy atom. The molecule has 1 aromatic carbocycles. The normalized spacial score (nSPS) is 12.1. The van der Waals surface area contributed by atoms with E-state index in [-0.39, 0.29) is 12.5 Å². The third kappa shape index (κ3) is 4.14. The first-order valence-corrected chi connectivity index (χ1v) is 6.76. The van der Waals surface area contributed by atoms with Crippen LogP contribution >= 0.6 is 0 Å². The predicted molar refractivity (Wildman–Crippen MR) is 78.4 cm³/mol. The molecule has 6 nitrogen and oxygen atoms in total. The minimum Gasteiger partial charge on any atom is -0.391 e. The van der Waals surface area contributed by atoms with E-state index in [1.807, 2.05) is 18.2 Å². The van der Waals surface area contributed by atoms with Crippen molar-refractivity contribution in [3.63, 3.8) is 0 Å². The lowest BCUT2D eigenvalue weighted by Gasteiger charge is -2.12. The molecular formula is C15H19N3O3. The Hall–Kier alpha value is -2.18. The first-order valence-electron chi connectivity index (χ1n) is 6.76. The zero-order valence-electron chi connectivity index (χ0n) is 11.9. The number of nitrogens with zero attached hydrogens (tertiary/aromatic N) is 2. The number of hydrogen-bond acceptors (Lipinski definition) is 4. The van der Waals surface area contributed by atoms with Gasteiger partial charge in [-0.2, -0.15) is 5.10 Å². The highest BCUT2D eigenvalue weighted by atomic mass is 16.5. The van der Waals surface area contributed by atoms with Crippen molar-refractivity contribution < 1.29 is 14.6 Å². The van der Waals surface area contributed by atoms with E-state index >= 15 is 0 Å². The van der Waals surface area contributed by atoms with Crippen LogP contribution < -0.4 is 5.32 Å². The van der Waals surface area contributed by atoms with Crippen LogP contribution in [0.4, 0.5) is 0 Å². The Labute approximate surface area is 123 Å². The average molecular weight is 289 g/mol. The maximum atomic E-state index is 12.2. The number of hydrogen-bond donors (Lipinski definition) is 2. The fourth-order valence-electron chi connectivity index (χ4n) is 2.00. The van der Waals surface area contributed by atoms with Crippen LogP contribution in [0.5, 0.6) is 0 Å². The zero-order valence-corrected chi connectivity index (χ0v) is 11.9. The summed E-state index contributed by atoms with van der Waals surface area (Å²) in [5.41, 5.74) is 1.26. The third-order valence-electron chi connectivity index (χ3n) is 3.02. The van der Waals surface area contributed by atoms with Gasteiger partial charge in [-0.15, -0.1) is 0 Å². The molecule has 0 aliphatic rings. The molecule has 2 aromatic rings. The van der Waals surface area contributed by atoms with Gasteiger partial charge >= 0.3 is 0 Å². The highest BCUT2D eigenvalue weighted by molar-refractivity contribution is 5.97. The van der Waals surface area contributed by atoms with E-state index in [0.29, 0.717) is 18.5 Å². The lowest BCUT2D eigenvalue weighted by Crippen LogP contribution is -2.29. The molecule has 1 unspecified atom stereocenters. The maximum Gasteiger partial charge on any atom is 0.253 e. The van der Waals surface area contributed by atoms with Gasteiger partial charge in [0.05, 0.1) is 24.0 Å². The molecule has 0 saturated heterocycles. The summed E-state index contributed by atoms with van der Waals surface area (Å²) in [6.07, 6.45) is 3.32. The Morgan fingerprint density at radius 2 is 2.24 bits per heavy atom. The van der Waals surface area contributed by atoms with E-state index < -0.39 is 6.10 Å². The van der Waals surface area contributed by atoms with E-state index in [0.717, 1.165) is 5.69 Å². The van der Waals surface area contributed by atoms with Crippen molar-refractivity contribution >= 4 is 5.91 Å². The van der Waals surface area contributed by atoms with Crippen LogP contribution in [0.1, 0.15) is 16.8 Å². The molecule has 1 amide bonds. The van der Waals surface area contributed by atoms with Crippen LogP contribution in [0.3, 0.4) is 0 Å². The minimum absolute atomic E-state index is 0.189. The second kappa shape index (κ2) is 7.56. The van der Waals surface area contributed by atoms with Gasteiger partial charge in [0.15, 0.2) is 0 Å². The van der Waals surface area contributed by atoms with Crippen molar-refractivity contribution in [2.24, 2.45) is 0 Å². The molecule has 6 heteroatoms. The standard InChI is InChI=1S/C15H19N3O3/c1-21-11-12(19)7-9-16-15(20)13-5-2-3-6-14(13)18-10-4-8-17-18/h2-6,8,10,12,19H,7,9,11H2,1H3,(H,16,20). The largest absolute Gasteiger partial charge is 0.391 e. The Morgan fingerprint density at radius 3 is 2.95 bits per heavy atom. The molecule has 1 atom stereocenters. The van der Waals surface area contributed by atoms with Gasteiger partial charge in [-0.1, -0.05) is 12.1 Å². The SMILES string of the molecule is COCC(O)CCNC(=O)c1ccccc1-n1cccn1. The molecule has 0 aliphatic heterocycles. The zero-order chi connectivity index (χ0) is 15.1. The molecule has 0 radical (unpaired) electrons. The highest BCUT2D eigenvalue weighted by Gasteiger charge is 2.12. The Balaban J connectivity index is 2.00. The van der Waals surface area contributed by atoms with E-state index in [4.69, 9.17) is 4.74 Å². The fraction of sp³-hybridized carbons (Fsp3) is 0.333. The van der Waals surface area contributed by atoms with Crippen LogP contribution in [0.2, 0.25) is 0 Å². The van der Waals surface area contributed by atoms with Gasteiger partial charge in [-0.3, -0.25) is 4.79 Å². The van der Waals surface area contributed by atoms with Crippen molar-refractivity contribution in [2.75, 3.05) is 20.3 Å². The Kier molecular flexibility index (Phi) is 5.48. The first-order chi connectivity index (χ1) is 10.2. The molecule has 21 heavy (non-hydrogen) atoms. The van der Waals surface area contributed by atoms with Crippen LogP contribution in [0, 0.1) is 0 Å². The number of methoxy groups -OCH3 is 1. The molecule has 2 N–H and O–H groups in total. The van der Waals surface area contributed by atoms with Crippen LogP contribution in [-0.2, 0) is 4.74 Å². The number of ether oxygens (including phenoxy) is 1. The predicted octanol–water partition coefficient (Wildman–Crippen LogP) is 0.999. The molecule has 2 rings (SSSR count). The van der Waals surface area contributed by atoms with Gasteiger partial charge in [-0.05, 0) is 24.6 Å². The monoisotopic (exact) mass is 289 g/mol. The van der Waals surface area contributed by atoms with Crippen molar-refractivity contribution in [3.8, 4) is 5.69 Å². The molecule has 0 aliphatic carbocycles. The van der Waals surface area contributed by atoms with E-state index in [1.165, 1.54) is 7.11 Å². The van der Waals surface area contributed by atoms with Crippen molar-refractivity contribution in [3.05, 3.63) is 48.3 Å². The first kappa shape index (κ1) is 15.2. The molecule has 0 bridgehead atoms. The number of rotatable bonds is 7. The van der Waals surface area contributed by atoms with Gasteiger partial charge in [0.1, 0.15) is 0 Å². The number of aliphatic hydroxyl groups excluding tert-OH is 1. The number of aromatic nitrogens is 2. The Bertz CT molecular complexity index is 569. The molecule has 112 valence electrons. The third-order valence-corrected chi connectivity index (χ3v) is 3.02. The number of para-hydroxylation sites is 1. The van der Waals surface area contributed by atoms with Gasteiger partial charge in [0.25, 0.3) is 5.91 Å². The topological polar surface area (TPSA) is 76.4 Å². The number of nitrogens with one attached hydrogen (secondary N) is 1. The number of carbonyl (C=O) groups is 1. The lowest BCUT2D eigenvalue weighted by atomic mass is 10.1. The van der Waals surface area contributed by atoms with E-state index in [1.54, 1.807) is 29.2 Å². The number of benzene rings is 1. The summed E-state index contributed by atoms with van der Waals surface area (Å²) in [6, 6.07) is 9.05. The summed E-state index contributed by atoms with van der Waals surface area (Å²) < 4.78 is 6.49. The summed E-state index contributed by atoms with van der Waals surface area (Å²) in [5, 5.41) is 16.5. The van der Waals surface area contributed by atoms with Crippen molar-refractivity contribution in [1.82, 2.24) is 15.1 Å². The van der Waals surface area contributed by atoms with Gasteiger partial charge in [-0.25, -0.2) is 4.68 Å². The van der Waals surface area contributed by atoms with Gasteiger partial charge in [0, 0.05) is 26.0 Å². The van der Waals surface area contributed by atoms with Gasteiger partial charge < -0.3 is 15.2 Å². The fourth-order valence-corrected chi connectivity index (χ4v) is 2.00. The smallest absolute Gasteiger partial charge is 0.253 e. The quantitative estimate of drug-likeness (QED) is 0.797. The summed E-state index contributed by atoms with van der Waals surface area (Å²) in [7, 11) is 1.53. The van der Waals surface area contributed by atoms with E-state index in [2.05, 4.69) is 10.4 Å². The van der Waals surface area contributed by atoms with Crippen molar-refractivity contribution in [2.45, 2.75) is 12.5 Å². The molecule has 0 spiro atoms. The molecule has 0 fully saturated rings. The lowest BCUT2D eigenvalue weighted by molar-refractivity contribution is 0.0587. The van der Waals surface area contributed by atoms with E-state index in [9.17, 15) is 9.90 Å². The molecule has 0 saturated carbocycles. The minimum atomic E-state index is -0.573. The summed E-state index contributed by atoms with van der Waals surface area (Å²) in [4.78, 5) is 12.2. The number of carbonyl (C=O) groups excluding carboxylic acids is 1. The average Bonchev–Trinajstić information content (AvgIpc) is 3.01. The molecule has 1 heterocycles. The number of aliphatic hydroxyl groups is 1. The van der Waals surface area contributed by atoms with Gasteiger partial charge in [0.2, 0.25) is 0 Å². The van der Waals surface area contributed by atoms with Crippen LogP contribution in [0.15, 0.2) is 42.7 Å². The second-order valence-corrected chi connectivity index (χ2v) is 4.62. The molecular weight excluding hydrogens is 270 g/mol. The molecule has 1 aromatic heterocycles. The van der Waals surface area contributed by atoms with Crippen LogP contribution in [0.25, 0.3) is 5.69 Å². The summed E-state index contributed by atoms with van der Waals surface area (Å²) >= 11 is 0. The second-order valence-electron chi connectivity index (χ2n) is 4.62.